The molecule has 0 aliphatic heterocycles. The van der Waals surface area contributed by atoms with Crippen molar-refractivity contribution in [3.63, 3.8) is 0 Å². The molecule has 14 heavy (non-hydrogen) atoms. The summed E-state index contributed by atoms with van der Waals surface area (Å²) in [6.07, 6.45) is 0. The first-order valence-electron chi connectivity index (χ1n) is 3.63. The Balaban J connectivity index is 2.70. The lowest BCUT2D eigenvalue weighted by molar-refractivity contribution is -0.132. The third kappa shape index (κ3) is 2.91. The van der Waals surface area contributed by atoms with Crippen molar-refractivity contribution in [1.29, 1.82) is 5.26 Å². The van der Waals surface area contributed by atoms with Crippen molar-refractivity contribution in [2.24, 2.45) is 0 Å². The number of alkyl halides is 2. The second-order valence-electron chi connectivity index (χ2n) is 2.36. The number of benzene rings is 1. The van der Waals surface area contributed by atoms with Gasteiger partial charge in [0.2, 0.25) is 4.84 Å². The smallest absolute Gasteiger partial charge is 0.344 e. The Morgan fingerprint density at radius 2 is 1.93 bits per heavy atom. The summed E-state index contributed by atoms with van der Waals surface area (Å²) in [6.45, 7) is 0. The molecule has 0 saturated heterocycles. The van der Waals surface area contributed by atoms with Gasteiger partial charge < -0.3 is 4.74 Å². The molecule has 1 aromatic rings. The van der Waals surface area contributed by atoms with Crippen molar-refractivity contribution in [3.8, 4) is 11.8 Å². The molecule has 0 heterocycles. The van der Waals surface area contributed by atoms with Gasteiger partial charge in [-0.3, -0.25) is 0 Å². The Hall–Kier alpha value is -1.24. The van der Waals surface area contributed by atoms with E-state index in [2.05, 4.69) is 0 Å². The Kier molecular flexibility index (Phi) is 3.75. The van der Waals surface area contributed by atoms with Gasteiger partial charge in [-0.25, -0.2) is 4.79 Å². The molecule has 0 unspecified atom stereocenters. The molecule has 0 saturated carbocycles. The predicted octanol–water partition coefficient (Wildman–Crippen LogP) is 2.27. The fourth-order valence-electron chi connectivity index (χ4n) is 0.758. The van der Waals surface area contributed by atoms with Crippen LogP contribution in [0.5, 0.6) is 5.75 Å². The highest BCUT2D eigenvalue weighted by Gasteiger charge is 2.13. The number of nitriles is 1. The largest absolute Gasteiger partial charge is 0.425 e. The fraction of sp³-hybridized carbons (Fsp3) is 0.111. The van der Waals surface area contributed by atoms with Crippen LogP contribution in [0, 0.1) is 11.3 Å². The van der Waals surface area contributed by atoms with E-state index >= 15 is 0 Å². The fourth-order valence-corrected chi connectivity index (χ4v) is 0.847. The first-order valence-corrected chi connectivity index (χ1v) is 4.51. The van der Waals surface area contributed by atoms with Crippen LogP contribution < -0.4 is 4.74 Å². The number of carbonyl (C=O) groups is 1. The number of esters is 1. The molecule has 0 aliphatic carbocycles. The molecule has 0 aliphatic rings. The summed E-state index contributed by atoms with van der Waals surface area (Å²) in [5.74, 6) is -0.432. The first-order chi connectivity index (χ1) is 6.63. The van der Waals surface area contributed by atoms with Crippen LogP contribution in [-0.2, 0) is 4.79 Å². The van der Waals surface area contributed by atoms with E-state index in [0.29, 0.717) is 11.3 Å². The number of hydrogen-bond acceptors (Lipinski definition) is 3. The summed E-state index contributed by atoms with van der Waals surface area (Å²) >= 11 is 10.6. The van der Waals surface area contributed by atoms with Gasteiger partial charge >= 0.3 is 5.97 Å². The van der Waals surface area contributed by atoms with Gasteiger partial charge in [0.05, 0.1) is 11.6 Å². The van der Waals surface area contributed by atoms with Gasteiger partial charge in [-0.05, 0) is 24.3 Å². The Morgan fingerprint density at radius 1 is 1.36 bits per heavy atom. The molecule has 0 fully saturated rings. The summed E-state index contributed by atoms with van der Waals surface area (Å²) < 4.78 is 4.76. The molecule has 5 heteroatoms. The third-order valence-electron chi connectivity index (χ3n) is 1.38. The van der Waals surface area contributed by atoms with Crippen LogP contribution in [-0.4, -0.2) is 10.8 Å². The Bertz CT molecular complexity index is 367. The van der Waals surface area contributed by atoms with E-state index in [4.69, 9.17) is 33.2 Å². The quantitative estimate of drug-likeness (QED) is 0.444. The van der Waals surface area contributed by atoms with Gasteiger partial charge in [-0.1, -0.05) is 23.2 Å². The molecule has 72 valence electrons. The van der Waals surface area contributed by atoms with Crippen molar-refractivity contribution in [3.05, 3.63) is 29.8 Å². The zero-order valence-corrected chi connectivity index (χ0v) is 8.42. The lowest BCUT2D eigenvalue weighted by Crippen LogP contribution is -2.15. The van der Waals surface area contributed by atoms with Crippen LogP contribution >= 0.6 is 23.2 Å². The number of halogens is 2. The molecule has 0 radical (unpaired) electrons. The monoisotopic (exact) mass is 229 g/mol. The number of hydrogen-bond donors (Lipinski definition) is 0. The Morgan fingerprint density at radius 3 is 2.36 bits per heavy atom. The summed E-state index contributed by atoms with van der Waals surface area (Å²) in [5, 5.41) is 8.50. The zero-order valence-electron chi connectivity index (χ0n) is 6.91. The van der Waals surface area contributed by atoms with Crippen molar-refractivity contribution in [2.45, 2.75) is 4.84 Å². The molecule has 0 N–H and O–H groups in total. The number of ether oxygens (including phenoxy) is 1. The molecule has 0 bridgehead atoms. The van der Waals surface area contributed by atoms with Crippen LogP contribution in [0.3, 0.4) is 0 Å². The van der Waals surface area contributed by atoms with Crippen molar-refractivity contribution in [1.82, 2.24) is 0 Å². The van der Waals surface area contributed by atoms with Crippen LogP contribution in [0.4, 0.5) is 0 Å². The summed E-state index contributed by atoms with van der Waals surface area (Å²) in [5.41, 5.74) is 0.484. The van der Waals surface area contributed by atoms with Gasteiger partial charge in [0, 0.05) is 0 Å². The molecule has 0 atom stereocenters. The average Bonchev–Trinajstić information content (AvgIpc) is 2.19. The molecule has 0 amide bonds. The highest BCUT2D eigenvalue weighted by atomic mass is 35.5. The molecule has 0 aromatic heterocycles. The van der Waals surface area contributed by atoms with Crippen molar-refractivity contribution < 1.29 is 9.53 Å². The van der Waals surface area contributed by atoms with Crippen LogP contribution in [0.15, 0.2) is 24.3 Å². The molecular formula is C9H5Cl2NO2. The van der Waals surface area contributed by atoms with Gasteiger partial charge in [-0.2, -0.15) is 5.26 Å². The Labute approximate surface area is 90.8 Å². The zero-order chi connectivity index (χ0) is 10.6. The van der Waals surface area contributed by atoms with Gasteiger partial charge in [0.25, 0.3) is 0 Å². The number of nitrogens with zero attached hydrogens (tertiary/aromatic N) is 1. The number of carbonyl (C=O) groups excluding carboxylic acids is 1. The molecular weight excluding hydrogens is 225 g/mol. The van der Waals surface area contributed by atoms with E-state index in [0.717, 1.165) is 0 Å². The lowest BCUT2D eigenvalue weighted by Gasteiger charge is -2.03. The molecule has 1 rings (SSSR count). The molecule has 0 spiro atoms. The SMILES string of the molecule is N#Cc1ccc(OC(=O)C(Cl)Cl)cc1. The van der Waals surface area contributed by atoms with Gasteiger partial charge in [-0.15, -0.1) is 0 Å². The average molecular weight is 230 g/mol. The minimum atomic E-state index is -1.20. The summed E-state index contributed by atoms with van der Waals surface area (Å²) in [4.78, 5) is 9.71. The maximum Gasteiger partial charge on any atom is 0.344 e. The number of rotatable bonds is 2. The first kappa shape index (κ1) is 10.8. The topological polar surface area (TPSA) is 50.1 Å². The van der Waals surface area contributed by atoms with Crippen LogP contribution in [0.25, 0.3) is 0 Å². The summed E-state index contributed by atoms with van der Waals surface area (Å²) in [6, 6.07) is 7.98. The van der Waals surface area contributed by atoms with Crippen molar-refractivity contribution in [2.75, 3.05) is 0 Å². The highest BCUT2D eigenvalue weighted by molar-refractivity contribution is 6.53. The predicted molar refractivity (Wildman–Crippen MR) is 52.3 cm³/mol. The minimum Gasteiger partial charge on any atom is -0.425 e. The second-order valence-corrected chi connectivity index (χ2v) is 3.45. The van der Waals surface area contributed by atoms with E-state index < -0.39 is 10.8 Å². The minimum absolute atomic E-state index is 0.306. The van der Waals surface area contributed by atoms with E-state index in [1.54, 1.807) is 0 Å². The summed E-state index contributed by atoms with van der Waals surface area (Å²) in [7, 11) is 0. The lowest BCUT2D eigenvalue weighted by atomic mass is 10.2. The molecule has 1 aromatic carbocycles. The maximum absolute atomic E-state index is 10.9. The van der Waals surface area contributed by atoms with Crippen LogP contribution in [0.2, 0.25) is 0 Å². The third-order valence-corrected chi connectivity index (χ3v) is 1.74. The van der Waals surface area contributed by atoms with Gasteiger partial charge in [0.1, 0.15) is 5.75 Å². The van der Waals surface area contributed by atoms with E-state index in [9.17, 15) is 4.79 Å². The highest BCUT2D eigenvalue weighted by Crippen LogP contribution is 2.14. The van der Waals surface area contributed by atoms with Gasteiger partial charge in [0.15, 0.2) is 0 Å². The van der Waals surface area contributed by atoms with E-state index in [-0.39, 0.29) is 0 Å². The maximum atomic E-state index is 10.9. The standard InChI is InChI=1S/C9H5Cl2NO2/c10-8(11)9(13)14-7-3-1-6(5-12)2-4-7/h1-4,8H. The van der Waals surface area contributed by atoms with Crippen LogP contribution in [0.1, 0.15) is 5.56 Å². The normalized spacial score (nSPS) is 9.57. The van der Waals surface area contributed by atoms with E-state index in [1.165, 1.54) is 24.3 Å². The molecule has 3 nitrogen and oxygen atoms in total. The van der Waals surface area contributed by atoms with E-state index in [1.807, 2.05) is 6.07 Å². The van der Waals surface area contributed by atoms with Crippen molar-refractivity contribution >= 4 is 29.2 Å². The second kappa shape index (κ2) is 4.85.